The van der Waals surface area contributed by atoms with E-state index < -0.39 is 0 Å². The molecule has 0 saturated carbocycles. The lowest BCUT2D eigenvalue weighted by Crippen LogP contribution is -2.36. The quantitative estimate of drug-likeness (QED) is 0.730. The lowest BCUT2D eigenvalue weighted by molar-refractivity contribution is 0.118. The number of hydrogen-bond donors (Lipinski definition) is 2. The largest absolute Gasteiger partial charge is 0.496 e. The van der Waals surface area contributed by atoms with E-state index in [0.717, 1.165) is 34.7 Å². The van der Waals surface area contributed by atoms with Crippen molar-refractivity contribution in [3.05, 3.63) is 22.8 Å². The summed E-state index contributed by atoms with van der Waals surface area (Å²) in [6.45, 7) is 2.56. The van der Waals surface area contributed by atoms with Crippen molar-refractivity contribution in [3.8, 4) is 11.5 Å². The van der Waals surface area contributed by atoms with Gasteiger partial charge in [0.2, 0.25) is 0 Å². The Morgan fingerprint density at radius 1 is 1.29 bits per heavy atom. The van der Waals surface area contributed by atoms with Gasteiger partial charge in [-0.15, -0.1) is 0 Å². The molecule has 0 fully saturated rings. The molecular weight excluding hydrogens is 312 g/mol. The third-order valence-corrected chi connectivity index (χ3v) is 4.20. The maximum absolute atomic E-state index is 11.8. The number of carbonyl (C=O) groups is 1. The average Bonchev–Trinajstić information content (AvgIpc) is 2.63. The van der Waals surface area contributed by atoms with Crippen LogP contribution in [0.15, 0.2) is 6.07 Å². The summed E-state index contributed by atoms with van der Waals surface area (Å²) in [5.74, 6) is 1.59. The van der Waals surface area contributed by atoms with Gasteiger partial charge in [0.25, 0.3) is 0 Å². The van der Waals surface area contributed by atoms with E-state index in [1.54, 1.807) is 19.1 Å². The van der Waals surface area contributed by atoms with Gasteiger partial charge in [-0.2, -0.15) is 0 Å². The van der Waals surface area contributed by atoms with E-state index in [0.29, 0.717) is 32.5 Å². The van der Waals surface area contributed by atoms with Crippen molar-refractivity contribution >= 4 is 6.09 Å². The Morgan fingerprint density at radius 2 is 2.08 bits per heavy atom. The van der Waals surface area contributed by atoms with Crippen molar-refractivity contribution in [1.82, 2.24) is 10.2 Å². The van der Waals surface area contributed by atoms with Crippen LogP contribution in [0.25, 0.3) is 0 Å². The average molecular weight is 338 g/mol. The number of aliphatic hydroxyl groups is 1. The van der Waals surface area contributed by atoms with E-state index >= 15 is 0 Å². The number of methoxy groups -OCH3 is 3. The number of aliphatic hydroxyl groups excluding tert-OH is 1. The first kappa shape index (κ1) is 18.4. The van der Waals surface area contributed by atoms with Crippen LogP contribution in [0.2, 0.25) is 0 Å². The Hall–Kier alpha value is -1.99. The minimum Gasteiger partial charge on any atom is -0.496 e. The zero-order valence-electron chi connectivity index (χ0n) is 14.6. The summed E-state index contributed by atoms with van der Waals surface area (Å²) < 4.78 is 16.0. The topological polar surface area (TPSA) is 80.3 Å². The highest BCUT2D eigenvalue weighted by atomic mass is 16.5. The maximum atomic E-state index is 11.8. The zero-order valence-corrected chi connectivity index (χ0v) is 14.6. The van der Waals surface area contributed by atoms with Gasteiger partial charge in [0.05, 0.1) is 27.9 Å². The smallest absolute Gasteiger partial charge is 0.409 e. The molecule has 1 aromatic carbocycles. The standard InChI is InChI=1S/C17H26N2O5/c1-22-15-9-12(10-18-6-4-8-20)16(23-2)13-5-7-19(11-14(13)15)17(21)24-3/h9,18,20H,4-8,10-11H2,1-3H3. The molecule has 7 nitrogen and oxygen atoms in total. The van der Waals surface area contributed by atoms with E-state index in [2.05, 4.69) is 5.32 Å². The third-order valence-electron chi connectivity index (χ3n) is 4.20. The fraction of sp³-hybridized carbons (Fsp3) is 0.588. The van der Waals surface area contributed by atoms with Crippen molar-refractivity contribution in [2.24, 2.45) is 0 Å². The van der Waals surface area contributed by atoms with E-state index in [9.17, 15) is 4.79 Å². The molecule has 24 heavy (non-hydrogen) atoms. The number of rotatable bonds is 7. The summed E-state index contributed by atoms with van der Waals surface area (Å²) >= 11 is 0. The Morgan fingerprint density at radius 3 is 2.71 bits per heavy atom. The second-order valence-electron chi connectivity index (χ2n) is 5.62. The molecule has 0 saturated heterocycles. The molecule has 0 spiro atoms. The Kier molecular flexibility index (Phi) is 6.69. The van der Waals surface area contributed by atoms with Crippen molar-refractivity contribution < 1.29 is 24.1 Å². The summed E-state index contributed by atoms with van der Waals surface area (Å²) in [6.07, 6.45) is 1.06. The van der Waals surface area contributed by atoms with Gasteiger partial charge >= 0.3 is 6.09 Å². The first-order valence-electron chi connectivity index (χ1n) is 8.06. The van der Waals surface area contributed by atoms with Gasteiger partial charge in [0.1, 0.15) is 11.5 Å². The van der Waals surface area contributed by atoms with Gasteiger partial charge in [0.15, 0.2) is 0 Å². The van der Waals surface area contributed by atoms with Gasteiger partial charge in [-0.05, 0) is 25.5 Å². The summed E-state index contributed by atoms with van der Waals surface area (Å²) in [7, 11) is 4.67. The van der Waals surface area contributed by atoms with Crippen LogP contribution in [0.1, 0.15) is 23.1 Å². The number of amides is 1. The van der Waals surface area contributed by atoms with Gasteiger partial charge in [0, 0.05) is 36.4 Å². The van der Waals surface area contributed by atoms with Crippen molar-refractivity contribution in [2.75, 3.05) is 41.0 Å². The van der Waals surface area contributed by atoms with Crippen LogP contribution >= 0.6 is 0 Å². The fourth-order valence-corrected chi connectivity index (χ4v) is 3.02. The van der Waals surface area contributed by atoms with Crippen LogP contribution in [0.4, 0.5) is 4.79 Å². The fourth-order valence-electron chi connectivity index (χ4n) is 3.02. The van der Waals surface area contributed by atoms with Crippen LogP contribution in [0.3, 0.4) is 0 Å². The van der Waals surface area contributed by atoms with Gasteiger partial charge in [-0.25, -0.2) is 4.79 Å². The van der Waals surface area contributed by atoms with Crippen molar-refractivity contribution in [2.45, 2.75) is 25.9 Å². The Balaban J connectivity index is 2.29. The number of benzene rings is 1. The zero-order chi connectivity index (χ0) is 17.5. The summed E-state index contributed by atoms with van der Waals surface area (Å²) in [4.78, 5) is 13.5. The third kappa shape index (κ3) is 3.91. The molecule has 0 aliphatic carbocycles. The molecule has 1 heterocycles. The molecule has 7 heteroatoms. The molecule has 0 unspecified atom stereocenters. The molecule has 134 valence electrons. The summed E-state index contributed by atoms with van der Waals surface area (Å²) in [5, 5.41) is 12.2. The van der Waals surface area contributed by atoms with Crippen LogP contribution in [-0.4, -0.2) is 57.1 Å². The maximum Gasteiger partial charge on any atom is 0.409 e. The van der Waals surface area contributed by atoms with E-state index in [-0.39, 0.29) is 12.7 Å². The molecule has 0 aromatic heterocycles. The Labute approximate surface area is 142 Å². The molecule has 2 rings (SSSR count). The van der Waals surface area contributed by atoms with Gasteiger partial charge < -0.3 is 29.5 Å². The van der Waals surface area contributed by atoms with Crippen molar-refractivity contribution in [3.63, 3.8) is 0 Å². The number of carbonyl (C=O) groups excluding carboxylic acids is 1. The summed E-state index contributed by atoms with van der Waals surface area (Å²) in [5.41, 5.74) is 3.05. The lowest BCUT2D eigenvalue weighted by Gasteiger charge is -2.31. The second kappa shape index (κ2) is 8.75. The molecule has 1 aliphatic rings. The molecule has 0 radical (unpaired) electrons. The highest BCUT2D eigenvalue weighted by Gasteiger charge is 2.28. The van der Waals surface area contributed by atoms with Crippen LogP contribution < -0.4 is 14.8 Å². The molecule has 1 amide bonds. The SMILES string of the molecule is COC(=O)N1CCc2c(c(OC)cc(CNCCCO)c2OC)C1. The minimum atomic E-state index is -0.337. The van der Waals surface area contributed by atoms with Crippen molar-refractivity contribution in [1.29, 1.82) is 0 Å². The number of nitrogens with one attached hydrogen (secondary N) is 1. The predicted molar refractivity (Wildman–Crippen MR) is 89.5 cm³/mol. The molecule has 0 bridgehead atoms. The number of hydrogen-bond acceptors (Lipinski definition) is 6. The lowest BCUT2D eigenvalue weighted by atomic mass is 9.94. The highest BCUT2D eigenvalue weighted by Crippen LogP contribution is 2.38. The monoisotopic (exact) mass is 338 g/mol. The van der Waals surface area contributed by atoms with Crippen LogP contribution in [0, 0.1) is 0 Å². The predicted octanol–water partition coefficient (Wildman–Crippen LogP) is 1.30. The molecule has 1 aliphatic heterocycles. The highest BCUT2D eigenvalue weighted by molar-refractivity contribution is 5.69. The van der Waals surface area contributed by atoms with Gasteiger partial charge in [-0.1, -0.05) is 0 Å². The van der Waals surface area contributed by atoms with Gasteiger partial charge in [-0.3, -0.25) is 0 Å². The first-order chi connectivity index (χ1) is 11.7. The minimum absolute atomic E-state index is 0.168. The Bertz CT molecular complexity index is 577. The van der Waals surface area contributed by atoms with Crippen LogP contribution in [0.5, 0.6) is 11.5 Å². The first-order valence-corrected chi connectivity index (χ1v) is 8.06. The molecule has 0 atom stereocenters. The second-order valence-corrected chi connectivity index (χ2v) is 5.62. The van der Waals surface area contributed by atoms with E-state index in [1.807, 2.05) is 6.07 Å². The molecule has 1 aromatic rings. The van der Waals surface area contributed by atoms with Crippen LogP contribution in [-0.2, 0) is 24.2 Å². The molecule has 2 N–H and O–H groups in total. The number of nitrogens with zero attached hydrogens (tertiary/aromatic N) is 1. The van der Waals surface area contributed by atoms with E-state index in [1.165, 1.54) is 7.11 Å². The number of ether oxygens (including phenoxy) is 3. The number of fused-ring (bicyclic) bond motifs is 1. The molecular formula is C17H26N2O5. The summed E-state index contributed by atoms with van der Waals surface area (Å²) in [6, 6.07) is 1.95. The normalized spacial score (nSPS) is 13.4. The van der Waals surface area contributed by atoms with E-state index in [4.69, 9.17) is 19.3 Å².